The van der Waals surface area contributed by atoms with Gasteiger partial charge in [0.25, 0.3) is 11.5 Å². The molecule has 2 aliphatic heterocycles. The van der Waals surface area contributed by atoms with Gasteiger partial charge < -0.3 is 14.8 Å². The first-order valence-electron chi connectivity index (χ1n) is 10.4. The number of benzene rings is 1. The van der Waals surface area contributed by atoms with Crippen LogP contribution in [-0.2, 0) is 11.2 Å². The number of carbonyl (C=O) groups is 2. The number of hydrogen-bond acceptors (Lipinski definition) is 3. The van der Waals surface area contributed by atoms with Crippen LogP contribution in [0.1, 0.15) is 47.3 Å². The Labute approximate surface area is 170 Å². The number of carbonyl (C=O) groups excluding carboxylic acids is 2. The Hall–Kier alpha value is -2.89. The summed E-state index contributed by atoms with van der Waals surface area (Å²) in [6.07, 6.45) is 3.79. The van der Waals surface area contributed by atoms with Crippen molar-refractivity contribution in [1.29, 1.82) is 0 Å². The fourth-order valence-electron chi connectivity index (χ4n) is 4.73. The maximum atomic E-state index is 13.5. The molecular weight excluding hydrogens is 366 g/mol. The minimum Gasteiger partial charge on any atom is -0.340 e. The Bertz CT molecular complexity index is 969. The summed E-state index contributed by atoms with van der Waals surface area (Å²) in [7, 11) is 0. The van der Waals surface area contributed by atoms with Crippen molar-refractivity contribution in [2.24, 2.45) is 0 Å². The summed E-state index contributed by atoms with van der Waals surface area (Å²) in [5.74, 6) is -0.295. The number of amides is 2. The quantitative estimate of drug-likeness (QED) is 0.868. The molecule has 3 heterocycles. The lowest BCUT2D eigenvalue weighted by Gasteiger charge is -2.44. The lowest BCUT2D eigenvalue weighted by Crippen LogP contribution is -2.61. The summed E-state index contributed by atoms with van der Waals surface area (Å²) in [6, 6.07) is 13.4. The van der Waals surface area contributed by atoms with Crippen LogP contribution in [0.3, 0.4) is 0 Å². The van der Waals surface area contributed by atoms with Crippen molar-refractivity contribution >= 4 is 11.8 Å². The normalized spacial score (nSPS) is 21.8. The van der Waals surface area contributed by atoms with Crippen LogP contribution in [0.15, 0.2) is 47.3 Å². The maximum Gasteiger partial charge on any atom is 0.260 e. The Morgan fingerprint density at radius 2 is 1.76 bits per heavy atom. The highest BCUT2D eigenvalue weighted by Gasteiger charge is 2.52. The van der Waals surface area contributed by atoms with E-state index in [0.29, 0.717) is 31.6 Å². The van der Waals surface area contributed by atoms with Gasteiger partial charge in [-0.2, -0.15) is 0 Å². The number of hydrogen-bond donors (Lipinski definition) is 1. The highest BCUT2D eigenvalue weighted by molar-refractivity contribution is 5.99. The van der Waals surface area contributed by atoms with E-state index in [1.807, 2.05) is 23.1 Å². The molecule has 1 spiro atoms. The lowest BCUT2D eigenvalue weighted by molar-refractivity contribution is -0.145. The molecule has 1 aromatic carbocycles. The molecule has 1 aromatic heterocycles. The van der Waals surface area contributed by atoms with E-state index >= 15 is 0 Å². The number of piperidine rings is 1. The van der Waals surface area contributed by atoms with Crippen LogP contribution in [0, 0.1) is 6.92 Å². The second-order valence-corrected chi connectivity index (χ2v) is 8.11. The van der Waals surface area contributed by atoms with Crippen molar-refractivity contribution in [2.45, 2.75) is 44.6 Å². The van der Waals surface area contributed by atoms with Crippen molar-refractivity contribution in [1.82, 2.24) is 14.8 Å². The molecule has 2 fully saturated rings. The molecule has 1 atom stereocenters. The Kier molecular flexibility index (Phi) is 5.26. The van der Waals surface area contributed by atoms with E-state index in [4.69, 9.17) is 0 Å². The van der Waals surface area contributed by atoms with Gasteiger partial charge in [0.1, 0.15) is 11.1 Å². The van der Waals surface area contributed by atoms with Crippen molar-refractivity contribution in [3.05, 3.63) is 69.6 Å². The summed E-state index contributed by atoms with van der Waals surface area (Å²) < 4.78 is 0. The van der Waals surface area contributed by atoms with Crippen molar-refractivity contribution in [3.8, 4) is 0 Å². The van der Waals surface area contributed by atoms with Crippen LogP contribution in [0.25, 0.3) is 0 Å². The number of H-pyrrole nitrogens is 1. The molecule has 29 heavy (non-hydrogen) atoms. The molecular formula is C23H27N3O3. The molecule has 0 aliphatic carbocycles. The molecule has 2 aromatic rings. The standard InChI is InChI=1S/C23H27N3O3/c1-17-9-10-19(20(27)24-17)21(28)26-15-6-13-23(26)12-5-14-25(22(23)29)16-11-18-7-3-2-4-8-18/h2-4,7-10H,5-6,11-16H2,1H3,(H,24,27). The van der Waals surface area contributed by atoms with Crippen LogP contribution < -0.4 is 5.56 Å². The Balaban J connectivity index is 1.55. The zero-order chi connectivity index (χ0) is 20.4. The van der Waals surface area contributed by atoms with Crippen LogP contribution in [-0.4, -0.2) is 51.8 Å². The van der Waals surface area contributed by atoms with Gasteiger partial charge in [0.15, 0.2) is 0 Å². The average Bonchev–Trinajstić information content (AvgIpc) is 3.14. The monoisotopic (exact) mass is 393 g/mol. The first kappa shape index (κ1) is 19.4. The fourth-order valence-corrected chi connectivity index (χ4v) is 4.73. The molecule has 6 nitrogen and oxygen atoms in total. The third-order valence-electron chi connectivity index (χ3n) is 6.24. The van der Waals surface area contributed by atoms with Gasteiger partial charge in [-0.3, -0.25) is 14.4 Å². The number of likely N-dealkylation sites (tertiary alicyclic amines) is 2. The van der Waals surface area contributed by atoms with Crippen LogP contribution >= 0.6 is 0 Å². The number of aromatic nitrogens is 1. The third-order valence-corrected chi connectivity index (χ3v) is 6.24. The van der Waals surface area contributed by atoms with E-state index in [2.05, 4.69) is 17.1 Å². The first-order chi connectivity index (χ1) is 14.0. The summed E-state index contributed by atoms with van der Waals surface area (Å²) in [4.78, 5) is 45.3. The van der Waals surface area contributed by atoms with E-state index in [9.17, 15) is 14.4 Å². The molecule has 2 amide bonds. The second kappa shape index (κ2) is 7.85. The van der Waals surface area contributed by atoms with Crippen LogP contribution in [0.5, 0.6) is 0 Å². The van der Waals surface area contributed by atoms with E-state index in [1.165, 1.54) is 5.56 Å². The van der Waals surface area contributed by atoms with E-state index in [0.717, 1.165) is 25.8 Å². The molecule has 2 saturated heterocycles. The highest BCUT2D eigenvalue weighted by atomic mass is 16.2. The maximum absolute atomic E-state index is 13.5. The minimum absolute atomic E-state index is 0.0362. The Morgan fingerprint density at radius 1 is 1.03 bits per heavy atom. The molecule has 4 rings (SSSR count). The number of rotatable bonds is 4. The molecule has 6 heteroatoms. The predicted molar refractivity (Wildman–Crippen MR) is 111 cm³/mol. The summed E-state index contributed by atoms with van der Waals surface area (Å²) in [6.45, 7) is 3.67. The van der Waals surface area contributed by atoms with Crippen LogP contribution in [0.4, 0.5) is 0 Å². The number of pyridine rings is 1. The number of aryl methyl sites for hydroxylation is 1. The first-order valence-corrected chi connectivity index (χ1v) is 10.4. The zero-order valence-corrected chi connectivity index (χ0v) is 16.8. The number of aromatic amines is 1. The molecule has 1 N–H and O–H groups in total. The summed E-state index contributed by atoms with van der Waals surface area (Å²) >= 11 is 0. The van der Waals surface area contributed by atoms with E-state index < -0.39 is 5.54 Å². The smallest absolute Gasteiger partial charge is 0.260 e. The molecule has 0 bridgehead atoms. The van der Waals surface area contributed by atoms with Gasteiger partial charge in [-0.15, -0.1) is 0 Å². The van der Waals surface area contributed by atoms with Gasteiger partial charge in [0.2, 0.25) is 5.91 Å². The lowest BCUT2D eigenvalue weighted by atomic mass is 9.85. The minimum atomic E-state index is -0.802. The second-order valence-electron chi connectivity index (χ2n) is 8.11. The van der Waals surface area contributed by atoms with Gasteiger partial charge >= 0.3 is 0 Å². The predicted octanol–water partition coefficient (Wildman–Crippen LogP) is 2.52. The highest BCUT2D eigenvalue weighted by Crippen LogP contribution is 2.39. The topological polar surface area (TPSA) is 73.5 Å². The van der Waals surface area contributed by atoms with Gasteiger partial charge in [0, 0.05) is 25.3 Å². The number of nitrogens with one attached hydrogen (secondary N) is 1. The SMILES string of the molecule is Cc1ccc(C(=O)N2CCCC23CCCN(CCc2ccccc2)C3=O)c(=O)[nH]1. The van der Waals surface area contributed by atoms with Gasteiger partial charge in [0.05, 0.1) is 0 Å². The number of nitrogens with zero attached hydrogens (tertiary/aromatic N) is 2. The van der Waals surface area contributed by atoms with Crippen molar-refractivity contribution in [2.75, 3.05) is 19.6 Å². The zero-order valence-electron chi connectivity index (χ0n) is 16.8. The third kappa shape index (κ3) is 3.59. The molecule has 152 valence electrons. The molecule has 0 radical (unpaired) electrons. The average molecular weight is 393 g/mol. The van der Waals surface area contributed by atoms with Crippen LogP contribution in [0.2, 0.25) is 0 Å². The fraction of sp³-hybridized carbons (Fsp3) is 0.435. The Morgan fingerprint density at radius 3 is 2.48 bits per heavy atom. The largest absolute Gasteiger partial charge is 0.340 e. The van der Waals surface area contributed by atoms with Gasteiger partial charge in [-0.25, -0.2) is 0 Å². The molecule has 1 unspecified atom stereocenters. The van der Waals surface area contributed by atoms with Gasteiger partial charge in [-0.1, -0.05) is 30.3 Å². The van der Waals surface area contributed by atoms with Crippen molar-refractivity contribution in [3.63, 3.8) is 0 Å². The van der Waals surface area contributed by atoms with E-state index in [-0.39, 0.29) is 22.9 Å². The molecule has 2 aliphatic rings. The van der Waals surface area contributed by atoms with Crippen molar-refractivity contribution < 1.29 is 9.59 Å². The van der Waals surface area contributed by atoms with Gasteiger partial charge in [-0.05, 0) is 56.7 Å². The van der Waals surface area contributed by atoms with E-state index in [1.54, 1.807) is 24.0 Å². The summed E-state index contributed by atoms with van der Waals surface area (Å²) in [5.41, 5.74) is 0.838. The molecule has 0 saturated carbocycles. The summed E-state index contributed by atoms with van der Waals surface area (Å²) in [5, 5.41) is 0.